The highest BCUT2D eigenvalue weighted by Gasteiger charge is 2.25. The number of hydrogen-bond donors (Lipinski definition) is 1. The molecule has 0 radical (unpaired) electrons. The van der Waals surface area contributed by atoms with Gasteiger partial charge >= 0.3 is 0 Å². The van der Waals surface area contributed by atoms with E-state index in [1.54, 1.807) is 0 Å². The summed E-state index contributed by atoms with van der Waals surface area (Å²) in [4.78, 5) is 19.1. The lowest BCUT2D eigenvalue weighted by Gasteiger charge is -2.18. The highest BCUT2D eigenvalue weighted by atomic mass is 16.2. The Hall–Kier alpha value is -2.72. The van der Waals surface area contributed by atoms with E-state index in [9.17, 15) is 4.79 Å². The van der Waals surface area contributed by atoms with Gasteiger partial charge in [0.1, 0.15) is 0 Å². The van der Waals surface area contributed by atoms with Gasteiger partial charge in [-0.1, -0.05) is 48.5 Å². The molecule has 4 nitrogen and oxygen atoms in total. The van der Waals surface area contributed by atoms with Gasteiger partial charge in [0, 0.05) is 37.3 Å². The number of pyridine rings is 1. The smallest absolute Gasteiger partial charge is 0.227 e. The molecule has 1 fully saturated rings. The number of amides is 1. The van der Waals surface area contributed by atoms with Crippen molar-refractivity contribution in [3.8, 4) is 0 Å². The monoisotopic (exact) mass is 359 g/mol. The van der Waals surface area contributed by atoms with Gasteiger partial charge in [-0.2, -0.15) is 0 Å². The number of likely N-dealkylation sites (tertiary alicyclic amines) is 1. The summed E-state index contributed by atoms with van der Waals surface area (Å²) in [5.41, 5.74) is 4.61. The fraction of sp³-hybridized carbons (Fsp3) is 0.304. The van der Waals surface area contributed by atoms with E-state index in [0.717, 1.165) is 37.1 Å². The van der Waals surface area contributed by atoms with E-state index in [1.807, 2.05) is 47.5 Å². The Morgan fingerprint density at radius 1 is 1.15 bits per heavy atom. The largest absolute Gasteiger partial charge is 0.341 e. The highest BCUT2D eigenvalue weighted by Crippen LogP contribution is 2.21. The van der Waals surface area contributed by atoms with E-state index in [1.165, 1.54) is 16.5 Å². The summed E-state index contributed by atoms with van der Waals surface area (Å²) in [7, 11) is 0. The zero-order valence-corrected chi connectivity index (χ0v) is 15.7. The van der Waals surface area contributed by atoms with Crippen molar-refractivity contribution in [2.24, 2.45) is 0 Å². The van der Waals surface area contributed by atoms with Crippen LogP contribution in [0.3, 0.4) is 0 Å². The number of benzene rings is 2. The number of carbonyl (C=O) groups excluding carboxylic acids is 1. The Bertz CT molecular complexity index is 939. The predicted octanol–water partition coefficient (Wildman–Crippen LogP) is 3.48. The Morgan fingerprint density at radius 2 is 2.00 bits per heavy atom. The molecule has 4 rings (SSSR count). The number of aryl methyl sites for hydroxylation is 1. The summed E-state index contributed by atoms with van der Waals surface area (Å²) in [6.45, 7) is 4.51. The van der Waals surface area contributed by atoms with Crippen LogP contribution in [0.5, 0.6) is 0 Å². The first-order valence-electron chi connectivity index (χ1n) is 9.59. The normalized spacial score (nSPS) is 16.8. The molecule has 4 heteroatoms. The van der Waals surface area contributed by atoms with Crippen LogP contribution >= 0.6 is 0 Å². The van der Waals surface area contributed by atoms with Gasteiger partial charge in [0.2, 0.25) is 5.91 Å². The molecule has 0 aliphatic carbocycles. The van der Waals surface area contributed by atoms with Gasteiger partial charge in [-0.15, -0.1) is 0 Å². The molecule has 1 saturated heterocycles. The number of nitrogens with one attached hydrogen (secondary N) is 1. The van der Waals surface area contributed by atoms with Gasteiger partial charge in [0.15, 0.2) is 0 Å². The van der Waals surface area contributed by atoms with Crippen LogP contribution in [-0.4, -0.2) is 34.9 Å². The Morgan fingerprint density at radius 3 is 2.85 bits per heavy atom. The summed E-state index contributed by atoms with van der Waals surface area (Å²) in [5.74, 6) is 0.216. The molecule has 138 valence electrons. The molecule has 1 aliphatic rings. The third-order valence-electron chi connectivity index (χ3n) is 5.39. The lowest BCUT2D eigenvalue weighted by Crippen LogP contribution is -2.35. The summed E-state index contributed by atoms with van der Waals surface area (Å²) in [6, 6.07) is 18.7. The van der Waals surface area contributed by atoms with Gasteiger partial charge in [-0.25, -0.2) is 0 Å². The fourth-order valence-electron chi connectivity index (χ4n) is 3.81. The summed E-state index contributed by atoms with van der Waals surface area (Å²) >= 11 is 0. The van der Waals surface area contributed by atoms with Gasteiger partial charge in [-0.05, 0) is 36.1 Å². The van der Waals surface area contributed by atoms with Crippen molar-refractivity contribution in [3.63, 3.8) is 0 Å². The molecule has 1 atom stereocenters. The summed E-state index contributed by atoms with van der Waals surface area (Å²) < 4.78 is 0. The third kappa shape index (κ3) is 4.01. The second kappa shape index (κ2) is 7.89. The first kappa shape index (κ1) is 17.7. The van der Waals surface area contributed by atoms with Crippen LogP contribution in [0.4, 0.5) is 0 Å². The average molecular weight is 359 g/mol. The zero-order valence-electron chi connectivity index (χ0n) is 15.7. The van der Waals surface area contributed by atoms with Crippen molar-refractivity contribution >= 4 is 16.8 Å². The molecule has 0 spiro atoms. The molecule has 1 aromatic heterocycles. The first-order chi connectivity index (χ1) is 13.2. The van der Waals surface area contributed by atoms with Crippen molar-refractivity contribution in [2.45, 2.75) is 32.4 Å². The molecule has 0 saturated carbocycles. The van der Waals surface area contributed by atoms with Crippen molar-refractivity contribution in [2.75, 3.05) is 13.1 Å². The lowest BCUT2D eigenvalue weighted by molar-refractivity contribution is -0.129. The van der Waals surface area contributed by atoms with Crippen molar-refractivity contribution in [3.05, 3.63) is 77.5 Å². The average Bonchev–Trinajstić information content (AvgIpc) is 3.18. The van der Waals surface area contributed by atoms with Crippen LogP contribution in [0, 0.1) is 6.92 Å². The molecule has 1 unspecified atom stereocenters. The zero-order chi connectivity index (χ0) is 18.6. The Kier molecular flexibility index (Phi) is 5.16. The topological polar surface area (TPSA) is 45.2 Å². The van der Waals surface area contributed by atoms with Crippen LogP contribution in [0.1, 0.15) is 23.1 Å². The molecule has 0 bridgehead atoms. The van der Waals surface area contributed by atoms with E-state index in [0.29, 0.717) is 12.5 Å². The molecule has 1 aliphatic heterocycles. The number of fused-ring (bicyclic) bond motifs is 1. The van der Waals surface area contributed by atoms with E-state index in [4.69, 9.17) is 0 Å². The van der Waals surface area contributed by atoms with Crippen LogP contribution in [0.15, 0.2) is 60.8 Å². The van der Waals surface area contributed by atoms with E-state index in [2.05, 4.69) is 35.4 Å². The van der Waals surface area contributed by atoms with E-state index >= 15 is 0 Å². The SMILES string of the molecule is Cc1ccc(CNC2CCN(C(=O)Cc3ccccc3)C2)c2ncccc12. The quantitative estimate of drug-likeness (QED) is 0.759. The Balaban J connectivity index is 1.35. The summed E-state index contributed by atoms with van der Waals surface area (Å²) in [6.07, 6.45) is 3.34. The number of hydrogen-bond acceptors (Lipinski definition) is 3. The van der Waals surface area contributed by atoms with Crippen LogP contribution in [0.2, 0.25) is 0 Å². The van der Waals surface area contributed by atoms with Gasteiger partial charge in [-0.3, -0.25) is 9.78 Å². The van der Waals surface area contributed by atoms with E-state index < -0.39 is 0 Å². The molecule has 27 heavy (non-hydrogen) atoms. The second-order valence-electron chi connectivity index (χ2n) is 7.31. The third-order valence-corrected chi connectivity index (χ3v) is 5.39. The van der Waals surface area contributed by atoms with Crippen molar-refractivity contribution in [1.29, 1.82) is 0 Å². The Labute approximate surface area is 160 Å². The number of rotatable bonds is 5. The van der Waals surface area contributed by atoms with Gasteiger partial charge < -0.3 is 10.2 Å². The predicted molar refractivity (Wildman–Crippen MR) is 108 cm³/mol. The number of aromatic nitrogens is 1. The second-order valence-corrected chi connectivity index (χ2v) is 7.31. The highest BCUT2D eigenvalue weighted by molar-refractivity contribution is 5.84. The van der Waals surface area contributed by atoms with Gasteiger partial charge in [0.05, 0.1) is 11.9 Å². The minimum atomic E-state index is 0.216. The molecular formula is C23H25N3O. The molecule has 2 heterocycles. The first-order valence-corrected chi connectivity index (χ1v) is 9.59. The number of nitrogens with zero attached hydrogens (tertiary/aromatic N) is 2. The molecule has 3 aromatic rings. The minimum absolute atomic E-state index is 0.216. The molecule has 2 aromatic carbocycles. The maximum atomic E-state index is 12.5. The number of carbonyl (C=O) groups is 1. The standard InChI is InChI=1S/C23H25N3O/c1-17-9-10-19(23-21(17)8-5-12-24-23)15-25-20-11-13-26(16-20)22(27)14-18-6-3-2-4-7-18/h2-10,12,20,25H,11,13-16H2,1H3. The van der Waals surface area contributed by atoms with Crippen LogP contribution in [-0.2, 0) is 17.8 Å². The van der Waals surface area contributed by atoms with Crippen LogP contribution in [0.25, 0.3) is 10.9 Å². The summed E-state index contributed by atoms with van der Waals surface area (Å²) in [5, 5.41) is 4.84. The molecular weight excluding hydrogens is 334 g/mol. The minimum Gasteiger partial charge on any atom is -0.341 e. The lowest BCUT2D eigenvalue weighted by atomic mass is 10.0. The fourth-order valence-corrected chi connectivity index (χ4v) is 3.81. The molecule has 1 amide bonds. The maximum absolute atomic E-state index is 12.5. The van der Waals surface area contributed by atoms with Crippen molar-refractivity contribution in [1.82, 2.24) is 15.2 Å². The van der Waals surface area contributed by atoms with Gasteiger partial charge in [0.25, 0.3) is 0 Å². The maximum Gasteiger partial charge on any atom is 0.227 e. The molecule has 1 N–H and O–H groups in total. The van der Waals surface area contributed by atoms with Crippen LogP contribution < -0.4 is 5.32 Å². The van der Waals surface area contributed by atoms with E-state index in [-0.39, 0.29) is 5.91 Å². The van der Waals surface area contributed by atoms with Crippen molar-refractivity contribution < 1.29 is 4.79 Å².